The third kappa shape index (κ3) is 5.21. The van der Waals surface area contributed by atoms with Gasteiger partial charge >= 0.3 is 0 Å². The van der Waals surface area contributed by atoms with Crippen LogP contribution in [0, 0.1) is 5.92 Å². The summed E-state index contributed by atoms with van der Waals surface area (Å²) in [5, 5.41) is 0. The van der Waals surface area contributed by atoms with Crippen molar-refractivity contribution in [3.05, 3.63) is 18.2 Å². The number of hydrogen-bond acceptors (Lipinski definition) is 2. The minimum Gasteiger partial charge on any atom is -0.337 e. The first-order chi connectivity index (χ1) is 8.69. The standard InChI is InChI=1S/C15H29N3/c1-4-7-8-13(5-2)10-18-11-15(17-12-18)9-14(16)6-3/h11-14H,4-10,16H2,1-3H3. The van der Waals surface area contributed by atoms with Gasteiger partial charge in [0, 0.05) is 25.2 Å². The zero-order valence-electron chi connectivity index (χ0n) is 12.2. The first kappa shape index (κ1) is 15.2. The van der Waals surface area contributed by atoms with E-state index in [2.05, 4.69) is 36.5 Å². The highest BCUT2D eigenvalue weighted by Gasteiger charge is 2.09. The van der Waals surface area contributed by atoms with Gasteiger partial charge in [-0.15, -0.1) is 0 Å². The molecule has 0 amide bonds. The van der Waals surface area contributed by atoms with Crippen LogP contribution in [0.15, 0.2) is 12.5 Å². The smallest absolute Gasteiger partial charge is 0.0949 e. The molecule has 1 heterocycles. The van der Waals surface area contributed by atoms with E-state index in [4.69, 9.17) is 5.73 Å². The van der Waals surface area contributed by atoms with Crippen molar-refractivity contribution in [3.63, 3.8) is 0 Å². The molecule has 0 aromatic carbocycles. The molecule has 2 atom stereocenters. The molecule has 3 heteroatoms. The van der Waals surface area contributed by atoms with Crippen LogP contribution in [0.2, 0.25) is 0 Å². The Morgan fingerprint density at radius 1 is 1.28 bits per heavy atom. The zero-order valence-corrected chi connectivity index (χ0v) is 12.2. The maximum absolute atomic E-state index is 5.96. The van der Waals surface area contributed by atoms with E-state index in [9.17, 15) is 0 Å². The maximum Gasteiger partial charge on any atom is 0.0949 e. The minimum absolute atomic E-state index is 0.246. The second-order valence-electron chi connectivity index (χ2n) is 5.35. The minimum atomic E-state index is 0.246. The molecule has 2 unspecified atom stereocenters. The summed E-state index contributed by atoms with van der Waals surface area (Å²) in [5.41, 5.74) is 7.09. The Labute approximate surface area is 112 Å². The second-order valence-corrected chi connectivity index (χ2v) is 5.35. The predicted molar refractivity (Wildman–Crippen MR) is 77.5 cm³/mol. The summed E-state index contributed by atoms with van der Waals surface area (Å²) >= 11 is 0. The molecule has 0 bridgehead atoms. The van der Waals surface area contributed by atoms with E-state index < -0.39 is 0 Å². The van der Waals surface area contributed by atoms with E-state index in [1.165, 1.54) is 25.7 Å². The highest BCUT2D eigenvalue weighted by Crippen LogP contribution is 2.15. The summed E-state index contributed by atoms with van der Waals surface area (Å²) in [6.07, 6.45) is 11.3. The Bertz CT molecular complexity index is 319. The van der Waals surface area contributed by atoms with Gasteiger partial charge in [-0.2, -0.15) is 0 Å². The summed E-state index contributed by atoms with van der Waals surface area (Å²) in [5.74, 6) is 0.784. The molecule has 0 aliphatic carbocycles. The van der Waals surface area contributed by atoms with E-state index in [0.717, 1.165) is 31.0 Å². The molecule has 0 saturated carbocycles. The molecular formula is C15H29N3. The van der Waals surface area contributed by atoms with Crippen molar-refractivity contribution in [2.45, 2.75) is 71.9 Å². The Kier molecular flexibility index (Phi) is 7.02. The summed E-state index contributed by atoms with van der Waals surface area (Å²) < 4.78 is 2.24. The molecule has 2 N–H and O–H groups in total. The molecule has 3 nitrogen and oxygen atoms in total. The van der Waals surface area contributed by atoms with Gasteiger partial charge in [-0.1, -0.05) is 40.0 Å². The fourth-order valence-electron chi connectivity index (χ4n) is 2.24. The van der Waals surface area contributed by atoms with E-state index >= 15 is 0 Å². The van der Waals surface area contributed by atoms with Crippen LogP contribution in [0.1, 0.15) is 58.6 Å². The van der Waals surface area contributed by atoms with Crippen LogP contribution in [0.4, 0.5) is 0 Å². The highest BCUT2D eigenvalue weighted by atomic mass is 15.0. The molecule has 18 heavy (non-hydrogen) atoms. The van der Waals surface area contributed by atoms with Gasteiger partial charge < -0.3 is 10.3 Å². The van der Waals surface area contributed by atoms with Crippen LogP contribution >= 0.6 is 0 Å². The molecule has 1 rings (SSSR count). The van der Waals surface area contributed by atoms with E-state index in [1.54, 1.807) is 0 Å². The summed E-state index contributed by atoms with van der Waals surface area (Å²) in [6.45, 7) is 7.77. The zero-order chi connectivity index (χ0) is 13.4. The number of hydrogen-bond donors (Lipinski definition) is 1. The molecular weight excluding hydrogens is 222 g/mol. The topological polar surface area (TPSA) is 43.8 Å². The quantitative estimate of drug-likeness (QED) is 0.731. The summed E-state index contributed by atoms with van der Waals surface area (Å²) in [7, 11) is 0. The van der Waals surface area contributed by atoms with Gasteiger partial charge in [0.05, 0.1) is 12.0 Å². The lowest BCUT2D eigenvalue weighted by Gasteiger charge is -2.14. The number of aromatic nitrogens is 2. The Morgan fingerprint density at radius 3 is 2.67 bits per heavy atom. The number of rotatable bonds is 9. The van der Waals surface area contributed by atoms with E-state index in [1.807, 2.05) is 6.33 Å². The third-order valence-corrected chi connectivity index (χ3v) is 3.69. The van der Waals surface area contributed by atoms with Crippen LogP contribution in [-0.2, 0) is 13.0 Å². The van der Waals surface area contributed by atoms with Crippen molar-refractivity contribution in [2.24, 2.45) is 11.7 Å². The van der Waals surface area contributed by atoms with Crippen molar-refractivity contribution in [1.82, 2.24) is 9.55 Å². The first-order valence-corrected chi connectivity index (χ1v) is 7.45. The lowest BCUT2D eigenvalue weighted by molar-refractivity contribution is 0.390. The number of unbranched alkanes of at least 4 members (excludes halogenated alkanes) is 1. The molecule has 0 saturated heterocycles. The van der Waals surface area contributed by atoms with Gasteiger partial charge in [0.25, 0.3) is 0 Å². The van der Waals surface area contributed by atoms with Crippen molar-refractivity contribution < 1.29 is 0 Å². The van der Waals surface area contributed by atoms with Crippen LogP contribution < -0.4 is 5.73 Å². The third-order valence-electron chi connectivity index (χ3n) is 3.69. The van der Waals surface area contributed by atoms with Gasteiger partial charge in [0.1, 0.15) is 0 Å². The molecule has 1 aromatic rings. The maximum atomic E-state index is 5.96. The normalized spacial score (nSPS) is 14.7. The van der Waals surface area contributed by atoms with E-state index in [-0.39, 0.29) is 6.04 Å². The summed E-state index contributed by atoms with van der Waals surface area (Å²) in [6, 6.07) is 0.246. The molecule has 0 spiro atoms. The second kappa shape index (κ2) is 8.30. The van der Waals surface area contributed by atoms with Crippen LogP contribution in [0.5, 0.6) is 0 Å². The fourth-order valence-corrected chi connectivity index (χ4v) is 2.24. The Hall–Kier alpha value is -0.830. The Morgan fingerprint density at radius 2 is 2.06 bits per heavy atom. The Balaban J connectivity index is 2.46. The molecule has 104 valence electrons. The summed E-state index contributed by atoms with van der Waals surface area (Å²) in [4.78, 5) is 4.45. The van der Waals surface area contributed by atoms with Crippen LogP contribution in [-0.4, -0.2) is 15.6 Å². The molecule has 0 aliphatic rings. The van der Waals surface area contributed by atoms with Crippen molar-refractivity contribution in [1.29, 1.82) is 0 Å². The van der Waals surface area contributed by atoms with Crippen LogP contribution in [0.25, 0.3) is 0 Å². The van der Waals surface area contributed by atoms with Gasteiger partial charge in [-0.05, 0) is 18.8 Å². The average Bonchev–Trinajstić information content (AvgIpc) is 2.81. The van der Waals surface area contributed by atoms with Gasteiger partial charge in [-0.25, -0.2) is 4.98 Å². The SMILES string of the molecule is CCCCC(CC)Cn1cnc(CC(N)CC)c1. The lowest BCUT2D eigenvalue weighted by atomic mass is 9.99. The first-order valence-electron chi connectivity index (χ1n) is 7.45. The highest BCUT2D eigenvalue weighted by molar-refractivity contribution is 4.99. The lowest BCUT2D eigenvalue weighted by Crippen LogP contribution is -2.21. The van der Waals surface area contributed by atoms with Gasteiger partial charge in [0.2, 0.25) is 0 Å². The van der Waals surface area contributed by atoms with Crippen molar-refractivity contribution >= 4 is 0 Å². The van der Waals surface area contributed by atoms with Gasteiger partial charge in [0.15, 0.2) is 0 Å². The molecule has 0 fully saturated rings. The average molecular weight is 251 g/mol. The largest absolute Gasteiger partial charge is 0.337 e. The monoisotopic (exact) mass is 251 g/mol. The molecule has 0 radical (unpaired) electrons. The molecule has 0 aliphatic heterocycles. The molecule has 1 aromatic heterocycles. The van der Waals surface area contributed by atoms with Crippen LogP contribution in [0.3, 0.4) is 0 Å². The van der Waals surface area contributed by atoms with Gasteiger partial charge in [-0.3, -0.25) is 0 Å². The van der Waals surface area contributed by atoms with E-state index in [0.29, 0.717) is 0 Å². The fraction of sp³-hybridized carbons (Fsp3) is 0.800. The number of nitrogens with zero attached hydrogens (tertiary/aromatic N) is 2. The predicted octanol–water partition coefficient (Wildman–Crippen LogP) is 3.38. The number of imidazole rings is 1. The number of nitrogens with two attached hydrogens (primary N) is 1. The van der Waals surface area contributed by atoms with Crippen molar-refractivity contribution in [2.75, 3.05) is 0 Å². The van der Waals surface area contributed by atoms with Crippen molar-refractivity contribution in [3.8, 4) is 0 Å².